The minimum Gasteiger partial charge on any atom is -0.497 e. The molecule has 0 atom stereocenters. The molecule has 0 saturated carbocycles. The van der Waals surface area contributed by atoms with Crippen molar-refractivity contribution in [3.63, 3.8) is 0 Å². The third-order valence-corrected chi connectivity index (χ3v) is 4.35. The molecule has 1 amide bonds. The Hall–Kier alpha value is -2.94. The van der Waals surface area contributed by atoms with Gasteiger partial charge in [-0.25, -0.2) is 19.5 Å². The van der Waals surface area contributed by atoms with E-state index in [9.17, 15) is 9.59 Å². The standard InChI is InChI=1S/C19H23N3O5S/c1-19(2,3)27-18(24)22(10-12-6-8-13(25-4)9-7-12)17-21-14(11-28-17)15(20)16(23)26-5/h6-9,11,20H,10H2,1-5H3. The Morgan fingerprint density at radius 3 is 2.36 bits per heavy atom. The zero-order valence-corrected chi connectivity index (χ0v) is 17.3. The van der Waals surface area contributed by atoms with Crippen LogP contribution in [0.1, 0.15) is 32.0 Å². The van der Waals surface area contributed by atoms with Gasteiger partial charge in [0, 0.05) is 5.38 Å². The lowest BCUT2D eigenvalue weighted by atomic mass is 10.2. The van der Waals surface area contributed by atoms with Crippen molar-refractivity contribution < 1.29 is 23.8 Å². The molecule has 28 heavy (non-hydrogen) atoms. The number of hydrogen-bond donors (Lipinski definition) is 1. The number of amides is 1. The van der Waals surface area contributed by atoms with E-state index in [4.69, 9.17) is 14.9 Å². The largest absolute Gasteiger partial charge is 0.497 e. The maximum absolute atomic E-state index is 12.8. The van der Waals surface area contributed by atoms with Crippen LogP contribution in [-0.4, -0.2) is 42.6 Å². The van der Waals surface area contributed by atoms with Crippen LogP contribution in [0, 0.1) is 5.41 Å². The van der Waals surface area contributed by atoms with E-state index in [-0.39, 0.29) is 18.0 Å². The summed E-state index contributed by atoms with van der Waals surface area (Å²) >= 11 is 1.14. The van der Waals surface area contributed by atoms with Gasteiger partial charge in [-0.2, -0.15) is 0 Å². The maximum atomic E-state index is 12.8. The van der Waals surface area contributed by atoms with Gasteiger partial charge >= 0.3 is 12.1 Å². The van der Waals surface area contributed by atoms with Gasteiger partial charge in [-0.15, -0.1) is 11.3 Å². The van der Waals surface area contributed by atoms with Crippen LogP contribution in [-0.2, 0) is 20.8 Å². The first-order chi connectivity index (χ1) is 13.1. The van der Waals surface area contributed by atoms with E-state index in [0.717, 1.165) is 16.9 Å². The summed E-state index contributed by atoms with van der Waals surface area (Å²) in [6, 6.07) is 7.26. The first-order valence-corrected chi connectivity index (χ1v) is 9.28. The minimum atomic E-state index is -0.796. The molecule has 0 radical (unpaired) electrons. The molecule has 0 bridgehead atoms. The number of benzene rings is 1. The lowest BCUT2D eigenvalue weighted by molar-refractivity contribution is -0.132. The molecule has 0 aliphatic rings. The van der Waals surface area contributed by atoms with E-state index in [1.54, 1.807) is 40.0 Å². The van der Waals surface area contributed by atoms with Gasteiger partial charge in [-0.05, 0) is 38.5 Å². The highest BCUT2D eigenvalue weighted by Crippen LogP contribution is 2.26. The van der Waals surface area contributed by atoms with Crippen molar-refractivity contribution in [2.24, 2.45) is 0 Å². The van der Waals surface area contributed by atoms with Crippen molar-refractivity contribution in [3.8, 4) is 5.75 Å². The van der Waals surface area contributed by atoms with Crippen molar-refractivity contribution in [1.29, 1.82) is 5.41 Å². The monoisotopic (exact) mass is 405 g/mol. The van der Waals surface area contributed by atoms with E-state index in [0.29, 0.717) is 10.9 Å². The van der Waals surface area contributed by atoms with Crippen LogP contribution < -0.4 is 9.64 Å². The molecule has 0 saturated heterocycles. The smallest absolute Gasteiger partial charge is 0.416 e. The molecule has 0 fully saturated rings. The van der Waals surface area contributed by atoms with Gasteiger partial charge < -0.3 is 14.2 Å². The number of anilines is 1. The number of rotatable bonds is 6. The SMILES string of the molecule is COC(=O)C(=N)c1csc(N(Cc2ccc(OC)cc2)C(=O)OC(C)(C)C)n1. The van der Waals surface area contributed by atoms with E-state index in [2.05, 4.69) is 9.72 Å². The summed E-state index contributed by atoms with van der Waals surface area (Å²) in [6.45, 7) is 5.53. The second-order valence-electron chi connectivity index (χ2n) is 6.80. The first kappa shape index (κ1) is 21.4. The molecule has 0 spiro atoms. The van der Waals surface area contributed by atoms with Gasteiger partial charge in [0.1, 0.15) is 17.0 Å². The number of thiazole rings is 1. The third kappa shape index (κ3) is 5.53. The number of aromatic nitrogens is 1. The van der Waals surface area contributed by atoms with Crippen molar-refractivity contribution in [1.82, 2.24) is 4.98 Å². The Kier molecular flexibility index (Phi) is 6.74. The Balaban J connectivity index is 2.32. The van der Waals surface area contributed by atoms with Gasteiger partial charge in [0.15, 0.2) is 10.8 Å². The van der Waals surface area contributed by atoms with Gasteiger partial charge in [0.05, 0.1) is 20.8 Å². The summed E-state index contributed by atoms with van der Waals surface area (Å²) in [5.41, 5.74) is -0.0891. The van der Waals surface area contributed by atoms with Gasteiger partial charge in [0.25, 0.3) is 0 Å². The molecule has 2 aromatic rings. The van der Waals surface area contributed by atoms with Gasteiger partial charge in [-0.1, -0.05) is 12.1 Å². The van der Waals surface area contributed by atoms with Crippen LogP contribution in [0.15, 0.2) is 29.6 Å². The molecular formula is C19H23N3O5S. The molecule has 2 rings (SSSR count). The number of nitrogens with zero attached hydrogens (tertiary/aromatic N) is 2. The average molecular weight is 405 g/mol. The van der Waals surface area contributed by atoms with Crippen LogP contribution in [0.2, 0.25) is 0 Å². The maximum Gasteiger partial charge on any atom is 0.416 e. The van der Waals surface area contributed by atoms with Crippen molar-refractivity contribution >= 4 is 34.2 Å². The fourth-order valence-corrected chi connectivity index (χ4v) is 2.96. The zero-order chi connectivity index (χ0) is 20.9. The number of methoxy groups -OCH3 is 2. The van der Waals surface area contributed by atoms with Crippen LogP contribution >= 0.6 is 11.3 Å². The molecule has 1 N–H and O–H groups in total. The van der Waals surface area contributed by atoms with Gasteiger partial charge in [-0.3, -0.25) is 5.41 Å². The quantitative estimate of drug-likeness (QED) is 0.582. The second-order valence-corrected chi connectivity index (χ2v) is 7.63. The van der Waals surface area contributed by atoms with E-state index in [1.165, 1.54) is 17.4 Å². The molecule has 0 unspecified atom stereocenters. The average Bonchev–Trinajstić information content (AvgIpc) is 3.13. The summed E-state index contributed by atoms with van der Waals surface area (Å²) in [5, 5.41) is 9.67. The number of esters is 1. The van der Waals surface area contributed by atoms with Crippen LogP contribution in [0.5, 0.6) is 5.75 Å². The minimum absolute atomic E-state index is 0.134. The molecule has 1 aromatic carbocycles. The molecule has 1 aromatic heterocycles. The number of carbonyl (C=O) groups excluding carboxylic acids is 2. The molecule has 150 valence electrons. The zero-order valence-electron chi connectivity index (χ0n) is 16.4. The second kappa shape index (κ2) is 8.83. The molecular weight excluding hydrogens is 382 g/mol. The normalized spacial score (nSPS) is 10.9. The summed E-state index contributed by atoms with van der Waals surface area (Å²) in [6.07, 6.45) is -0.575. The summed E-state index contributed by atoms with van der Waals surface area (Å²) < 4.78 is 15.2. The van der Waals surface area contributed by atoms with Crippen LogP contribution in [0.25, 0.3) is 0 Å². The van der Waals surface area contributed by atoms with Gasteiger partial charge in [0.2, 0.25) is 0 Å². The molecule has 0 aliphatic heterocycles. The summed E-state index contributed by atoms with van der Waals surface area (Å²) in [5.74, 6) is -0.0912. The lowest BCUT2D eigenvalue weighted by Crippen LogP contribution is -2.36. The van der Waals surface area contributed by atoms with E-state index < -0.39 is 17.7 Å². The number of ether oxygens (including phenoxy) is 3. The van der Waals surface area contributed by atoms with Crippen molar-refractivity contribution in [3.05, 3.63) is 40.9 Å². The molecule has 0 aliphatic carbocycles. The third-order valence-electron chi connectivity index (χ3n) is 3.48. The summed E-state index contributed by atoms with van der Waals surface area (Å²) in [7, 11) is 2.77. The number of hydrogen-bond acceptors (Lipinski definition) is 8. The predicted octanol–water partition coefficient (Wildman–Crippen LogP) is 3.63. The summed E-state index contributed by atoms with van der Waals surface area (Å²) in [4.78, 5) is 29.9. The Morgan fingerprint density at radius 2 is 1.82 bits per heavy atom. The predicted molar refractivity (Wildman–Crippen MR) is 106 cm³/mol. The topological polar surface area (TPSA) is 102 Å². The molecule has 8 nitrogen and oxygen atoms in total. The Morgan fingerprint density at radius 1 is 1.18 bits per heavy atom. The number of carbonyl (C=O) groups is 2. The Labute approximate surface area is 167 Å². The molecule has 1 heterocycles. The van der Waals surface area contributed by atoms with E-state index in [1.807, 2.05) is 12.1 Å². The van der Waals surface area contributed by atoms with Crippen molar-refractivity contribution in [2.75, 3.05) is 19.1 Å². The fourth-order valence-electron chi connectivity index (χ4n) is 2.15. The lowest BCUT2D eigenvalue weighted by Gasteiger charge is -2.26. The first-order valence-electron chi connectivity index (χ1n) is 8.41. The molecule has 9 heteroatoms. The highest BCUT2D eigenvalue weighted by molar-refractivity contribution is 7.14. The Bertz CT molecular complexity index is 855. The fraction of sp³-hybridized carbons (Fsp3) is 0.368. The van der Waals surface area contributed by atoms with Crippen LogP contribution in [0.4, 0.5) is 9.93 Å². The highest BCUT2D eigenvalue weighted by Gasteiger charge is 2.27. The highest BCUT2D eigenvalue weighted by atomic mass is 32.1. The van der Waals surface area contributed by atoms with Crippen molar-refractivity contribution in [2.45, 2.75) is 32.9 Å². The van der Waals surface area contributed by atoms with E-state index >= 15 is 0 Å². The number of nitrogens with one attached hydrogen (secondary N) is 1. The van der Waals surface area contributed by atoms with Crippen LogP contribution in [0.3, 0.4) is 0 Å².